The minimum Gasteiger partial charge on any atom is -0.490 e. The Morgan fingerprint density at radius 1 is 1.15 bits per heavy atom. The maximum atomic E-state index is 6.09. The molecule has 0 spiro atoms. The van der Waals surface area contributed by atoms with Crippen molar-refractivity contribution in [1.29, 1.82) is 0 Å². The van der Waals surface area contributed by atoms with Crippen molar-refractivity contribution >= 4 is 23.4 Å². The Morgan fingerprint density at radius 3 is 2.50 bits per heavy atom. The molecule has 1 aromatic rings. The lowest BCUT2D eigenvalue weighted by atomic mass is 9.72. The van der Waals surface area contributed by atoms with E-state index < -0.39 is 0 Å². The molecule has 0 aromatic heterocycles. The molecule has 4 heteroatoms. The van der Waals surface area contributed by atoms with Gasteiger partial charge in [-0.2, -0.15) is 11.8 Å². The Labute approximate surface area is 168 Å². The molecule has 0 N–H and O–H groups in total. The van der Waals surface area contributed by atoms with Crippen molar-refractivity contribution in [2.24, 2.45) is 5.41 Å². The molecule has 3 rings (SSSR count). The fraction of sp³-hybridized carbons (Fsp3) is 0.727. The third-order valence-corrected chi connectivity index (χ3v) is 7.60. The topological polar surface area (TPSA) is 18.5 Å². The molecule has 1 aliphatic heterocycles. The van der Waals surface area contributed by atoms with Crippen LogP contribution in [0.5, 0.6) is 11.5 Å². The maximum Gasteiger partial charge on any atom is 0.161 e. The van der Waals surface area contributed by atoms with Gasteiger partial charge < -0.3 is 9.47 Å². The molecule has 1 aliphatic carbocycles. The van der Waals surface area contributed by atoms with Crippen LogP contribution in [0.3, 0.4) is 0 Å². The molecule has 3 atom stereocenters. The molecule has 0 bridgehead atoms. The predicted molar refractivity (Wildman–Crippen MR) is 113 cm³/mol. The highest BCUT2D eigenvalue weighted by atomic mass is 35.5. The monoisotopic (exact) mass is 396 g/mol. The molecular formula is C22H33ClO2S. The van der Waals surface area contributed by atoms with E-state index in [2.05, 4.69) is 44.7 Å². The van der Waals surface area contributed by atoms with E-state index in [9.17, 15) is 0 Å². The van der Waals surface area contributed by atoms with Crippen molar-refractivity contribution in [2.45, 2.75) is 76.2 Å². The van der Waals surface area contributed by atoms with Crippen LogP contribution in [0.2, 0.25) is 0 Å². The summed E-state index contributed by atoms with van der Waals surface area (Å²) in [5.41, 5.74) is 3.32. The molecule has 1 saturated carbocycles. The fourth-order valence-corrected chi connectivity index (χ4v) is 6.36. The van der Waals surface area contributed by atoms with Gasteiger partial charge in [-0.15, -0.1) is 11.6 Å². The lowest BCUT2D eigenvalue weighted by molar-refractivity contribution is 0.258. The third-order valence-electron chi connectivity index (χ3n) is 5.92. The number of rotatable bonds is 9. The lowest BCUT2D eigenvalue weighted by Gasteiger charge is -2.39. The quantitative estimate of drug-likeness (QED) is 0.428. The van der Waals surface area contributed by atoms with Gasteiger partial charge in [0.1, 0.15) is 0 Å². The van der Waals surface area contributed by atoms with Crippen LogP contribution in [-0.4, -0.2) is 24.3 Å². The number of benzene rings is 1. The first-order chi connectivity index (χ1) is 12.6. The van der Waals surface area contributed by atoms with E-state index in [1.807, 2.05) is 0 Å². The second kappa shape index (κ2) is 9.10. The summed E-state index contributed by atoms with van der Waals surface area (Å²) in [4.78, 5) is 0. The number of hydrogen-bond acceptors (Lipinski definition) is 3. The number of halogens is 1. The largest absolute Gasteiger partial charge is 0.490 e. The van der Waals surface area contributed by atoms with Crippen LogP contribution in [0, 0.1) is 5.41 Å². The summed E-state index contributed by atoms with van der Waals surface area (Å²) in [5.74, 6) is 4.35. The van der Waals surface area contributed by atoms with Crippen molar-refractivity contribution in [3.05, 3.63) is 23.3 Å². The van der Waals surface area contributed by atoms with Crippen molar-refractivity contribution < 1.29 is 9.47 Å². The highest BCUT2D eigenvalue weighted by molar-refractivity contribution is 7.99. The first kappa shape index (κ1) is 20.2. The van der Waals surface area contributed by atoms with E-state index in [-0.39, 0.29) is 0 Å². The first-order valence-electron chi connectivity index (χ1n) is 10.2. The van der Waals surface area contributed by atoms with Gasteiger partial charge in [0.2, 0.25) is 0 Å². The number of alkyl halides is 1. The van der Waals surface area contributed by atoms with Gasteiger partial charge in [0, 0.05) is 22.8 Å². The van der Waals surface area contributed by atoms with Crippen molar-refractivity contribution in [1.82, 2.24) is 0 Å². The average molecular weight is 397 g/mol. The molecular weight excluding hydrogens is 364 g/mol. The highest BCUT2D eigenvalue weighted by Crippen LogP contribution is 2.60. The van der Waals surface area contributed by atoms with Gasteiger partial charge in [0.05, 0.1) is 13.2 Å². The van der Waals surface area contributed by atoms with Gasteiger partial charge in [0.15, 0.2) is 11.5 Å². The first-order valence-corrected chi connectivity index (χ1v) is 11.8. The van der Waals surface area contributed by atoms with Gasteiger partial charge >= 0.3 is 0 Å². The minimum atomic E-state index is 0.357. The van der Waals surface area contributed by atoms with Gasteiger partial charge in [0.25, 0.3) is 0 Å². The third kappa shape index (κ3) is 4.14. The van der Waals surface area contributed by atoms with E-state index in [4.69, 9.17) is 21.1 Å². The molecule has 0 amide bonds. The van der Waals surface area contributed by atoms with Crippen LogP contribution in [0.1, 0.15) is 76.3 Å². The molecule has 0 saturated heterocycles. The number of thioether (sulfide) groups is 1. The maximum absolute atomic E-state index is 6.09. The Bertz CT molecular complexity index is 606. The molecule has 1 aromatic carbocycles. The van der Waals surface area contributed by atoms with E-state index in [1.165, 1.54) is 30.4 Å². The highest BCUT2D eigenvalue weighted by Gasteiger charge is 2.48. The van der Waals surface area contributed by atoms with Crippen LogP contribution < -0.4 is 9.47 Å². The molecule has 146 valence electrons. The van der Waals surface area contributed by atoms with Gasteiger partial charge in [-0.3, -0.25) is 0 Å². The standard InChI is InChI=1S/C22H33ClO2S/c1-4-11-24-18-13-16-15-26-20-7-9-22(3,8-6-10-23)21(20)17(16)14-19(18)25-12-5-2/h13-14,20-21H,4-12,15H2,1-3H3. The Hall–Kier alpha value is -0.540. The molecule has 2 aliphatic rings. The molecule has 3 unspecified atom stereocenters. The average Bonchev–Trinajstić information content (AvgIpc) is 3.00. The van der Waals surface area contributed by atoms with Gasteiger partial charge in [-0.1, -0.05) is 20.8 Å². The normalized spacial score (nSPS) is 27.1. The number of fused-ring (bicyclic) bond motifs is 3. The number of hydrogen-bond donors (Lipinski definition) is 0. The fourth-order valence-electron chi connectivity index (χ4n) is 4.63. The van der Waals surface area contributed by atoms with Crippen LogP contribution >= 0.6 is 23.4 Å². The Balaban J connectivity index is 1.95. The molecule has 0 radical (unpaired) electrons. The zero-order chi connectivity index (χ0) is 18.6. The summed E-state index contributed by atoms with van der Waals surface area (Å²) in [6.07, 6.45) is 6.99. The summed E-state index contributed by atoms with van der Waals surface area (Å²) in [6, 6.07) is 4.58. The zero-order valence-electron chi connectivity index (χ0n) is 16.5. The van der Waals surface area contributed by atoms with Crippen LogP contribution in [0.15, 0.2) is 12.1 Å². The second-order valence-corrected chi connectivity index (χ2v) is 9.61. The smallest absolute Gasteiger partial charge is 0.161 e. The summed E-state index contributed by atoms with van der Waals surface area (Å²) in [6.45, 7) is 8.26. The van der Waals surface area contributed by atoms with Crippen molar-refractivity contribution in [3.63, 3.8) is 0 Å². The molecule has 26 heavy (non-hydrogen) atoms. The number of ether oxygens (including phenoxy) is 2. The van der Waals surface area contributed by atoms with Crippen LogP contribution in [-0.2, 0) is 5.75 Å². The molecule has 1 fully saturated rings. The summed E-state index contributed by atoms with van der Waals surface area (Å²) in [5, 5.41) is 0.740. The second-order valence-electron chi connectivity index (χ2n) is 8.01. The van der Waals surface area contributed by atoms with Crippen molar-refractivity contribution in [2.75, 3.05) is 19.1 Å². The summed E-state index contributed by atoms with van der Waals surface area (Å²) in [7, 11) is 0. The van der Waals surface area contributed by atoms with Gasteiger partial charge in [-0.05, 0) is 67.2 Å². The minimum absolute atomic E-state index is 0.357. The molecule has 2 nitrogen and oxygen atoms in total. The van der Waals surface area contributed by atoms with E-state index >= 15 is 0 Å². The van der Waals surface area contributed by atoms with Crippen LogP contribution in [0.25, 0.3) is 0 Å². The Kier molecular flexibility index (Phi) is 7.07. The summed E-state index contributed by atoms with van der Waals surface area (Å²) < 4.78 is 12.1. The van der Waals surface area contributed by atoms with E-state index in [0.717, 1.165) is 60.9 Å². The SMILES string of the molecule is CCCOc1cc2c(cc1OCCC)C1C(CCC1(C)CCCCl)SC2. The Morgan fingerprint density at radius 2 is 1.85 bits per heavy atom. The van der Waals surface area contributed by atoms with Crippen LogP contribution in [0.4, 0.5) is 0 Å². The van der Waals surface area contributed by atoms with E-state index in [0.29, 0.717) is 11.3 Å². The summed E-state index contributed by atoms with van der Waals surface area (Å²) >= 11 is 8.17. The van der Waals surface area contributed by atoms with E-state index in [1.54, 1.807) is 0 Å². The zero-order valence-corrected chi connectivity index (χ0v) is 18.1. The predicted octanol–water partition coefficient (Wildman–Crippen LogP) is 6.78. The lowest BCUT2D eigenvalue weighted by Crippen LogP contribution is -2.28. The van der Waals surface area contributed by atoms with Gasteiger partial charge in [-0.25, -0.2) is 0 Å². The van der Waals surface area contributed by atoms with Crippen molar-refractivity contribution in [3.8, 4) is 11.5 Å². The molecule has 1 heterocycles.